The van der Waals surface area contributed by atoms with Crippen molar-refractivity contribution in [2.24, 2.45) is 0 Å². The minimum atomic E-state index is -0.435. The van der Waals surface area contributed by atoms with Gasteiger partial charge in [0.15, 0.2) is 0 Å². The van der Waals surface area contributed by atoms with Crippen LogP contribution in [0.5, 0.6) is 0 Å². The topological polar surface area (TPSA) is 13.1 Å². The second-order valence-corrected chi connectivity index (χ2v) is 18.2. The molecule has 0 saturated carbocycles. The van der Waals surface area contributed by atoms with Gasteiger partial charge in [0.1, 0.15) is 11.2 Å². The second kappa shape index (κ2) is 13.3. The largest absolute Gasteiger partial charge is 0.456 e. The molecule has 12 aromatic carbocycles. The first-order chi connectivity index (χ1) is 32.7. The summed E-state index contributed by atoms with van der Waals surface area (Å²) >= 11 is 0. The standard InChI is InChI=1S/C65H38O/c1-2-17-46-39(14-1)30-32-54-55-36-42-29-28-41(35-45(42)38-59(55)65(64(46)54)57-25-10-7-18-47(57)48-19-8-11-26-58(48)65)40-15-13-16-43(34-40)62-50-21-3-5-23-52(50)63(53-24-6-4-22-51(53)62)44-31-33-61-56(37-44)49-20-9-12-27-60(49)66-61/h1-38H. The summed E-state index contributed by atoms with van der Waals surface area (Å²) in [5.74, 6) is 0. The molecule has 1 heteroatoms. The molecule has 0 N–H and O–H groups in total. The molecule has 13 aromatic rings. The highest BCUT2D eigenvalue weighted by Gasteiger charge is 2.52. The molecule has 2 aliphatic rings. The van der Waals surface area contributed by atoms with Gasteiger partial charge in [-0.05, 0) is 163 Å². The highest BCUT2D eigenvalue weighted by atomic mass is 16.3. The van der Waals surface area contributed by atoms with Crippen LogP contribution in [0.2, 0.25) is 0 Å². The van der Waals surface area contributed by atoms with Crippen LogP contribution in [0.1, 0.15) is 22.3 Å². The van der Waals surface area contributed by atoms with Crippen molar-refractivity contribution >= 4 is 65.0 Å². The van der Waals surface area contributed by atoms with E-state index in [2.05, 4.69) is 224 Å². The van der Waals surface area contributed by atoms with Crippen LogP contribution in [0.4, 0.5) is 0 Å². The second-order valence-electron chi connectivity index (χ2n) is 18.2. The third kappa shape index (κ3) is 4.74. The van der Waals surface area contributed by atoms with Gasteiger partial charge in [-0.2, -0.15) is 0 Å². The summed E-state index contributed by atoms with van der Waals surface area (Å²) in [6, 6.07) is 86.0. The van der Waals surface area contributed by atoms with E-state index in [9.17, 15) is 0 Å². The van der Waals surface area contributed by atoms with Crippen LogP contribution < -0.4 is 0 Å². The van der Waals surface area contributed by atoms with Gasteiger partial charge in [-0.1, -0.05) is 188 Å². The SMILES string of the molecule is c1cc(-c2ccc3cc4c(cc3c2)C2(c3ccccc3-c3ccccc32)c2c-4ccc3ccccc23)cc(-c2c3ccccc3c(-c3ccc4oc5ccccc5c4c3)c3ccccc23)c1. The Bertz CT molecular complexity index is 4140. The average molecular weight is 835 g/mol. The van der Waals surface area contributed by atoms with Crippen molar-refractivity contribution in [2.75, 3.05) is 0 Å². The predicted octanol–water partition coefficient (Wildman–Crippen LogP) is 17.5. The lowest BCUT2D eigenvalue weighted by atomic mass is 9.69. The fourth-order valence-corrected chi connectivity index (χ4v) is 12.3. The monoisotopic (exact) mass is 834 g/mol. The first kappa shape index (κ1) is 35.9. The van der Waals surface area contributed by atoms with E-state index < -0.39 is 5.41 Å². The van der Waals surface area contributed by atoms with Crippen LogP contribution in [-0.2, 0) is 5.41 Å². The molecule has 66 heavy (non-hydrogen) atoms. The zero-order valence-electron chi connectivity index (χ0n) is 35.8. The van der Waals surface area contributed by atoms with Gasteiger partial charge < -0.3 is 4.42 Å². The summed E-state index contributed by atoms with van der Waals surface area (Å²) < 4.78 is 6.26. The molecule has 15 rings (SSSR count). The van der Waals surface area contributed by atoms with Gasteiger partial charge in [-0.25, -0.2) is 0 Å². The van der Waals surface area contributed by atoms with E-state index >= 15 is 0 Å². The number of para-hydroxylation sites is 1. The van der Waals surface area contributed by atoms with Gasteiger partial charge in [-0.15, -0.1) is 0 Å². The molecule has 0 amide bonds. The Hall–Kier alpha value is -8.52. The van der Waals surface area contributed by atoms with E-state index in [0.29, 0.717) is 0 Å². The molecule has 0 aliphatic heterocycles. The zero-order chi connectivity index (χ0) is 43.1. The maximum atomic E-state index is 6.26. The third-order valence-corrected chi connectivity index (χ3v) is 15.0. The highest BCUT2D eigenvalue weighted by molar-refractivity contribution is 6.22. The molecule has 2 aliphatic carbocycles. The van der Waals surface area contributed by atoms with Crippen molar-refractivity contribution in [1.29, 1.82) is 0 Å². The molecule has 1 spiro atoms. The van der Waals surface area contributed by atoms with Gasteiger partial charge in [-0.3, -0.25) is 0 Å². The molecule has 0 saturated heterocycles. The summed E-state index contributed by atoms with van der Waals surface area (Å²) in [6.07, 6.45) is 0. The van der Waals surface area contributed by atoms with Crippen LogP contribution >= 0.6 is 0 Å². The number of hydrogen-bond donors (Lipinski definition) is 0. The number of hydrogen-bond acceptors (Lipinski definition) is 1. The molecule has 1 nitrogen and oxygen atoms in total. The Morgan fingerprint density at radius 1 is 0.258 bits per heavy atom. The van der Waals surface area contributed by atoms with E-state index in [-0.39, 0.29) is 0 Å². The lowest BCUT2D eigenvalue weighted by molar-refractivity contribution is 0.669. The first-order valence-electron chi connectivity index (χ1n) is 23.0. The number of benzene rings is 12. The Labute approximate surface area is 381 Å². The van der Waals surface area contributed by atoms with Gasteiger partial charge in [0.2, 0.25) is 0 Å². The van der Waals surface area contributed by atoms with E-state index in [1.54, 1.807) is 0 Å². The van der Waals surface area contributed by atoms with Crippen molar-refractivity contribution in [3.05, 3.63) is 253 Å². The van der Waals surface area contributed by atoms with Crippen LogP contribution in [0.15, 0.2) is 235 Å². The van der Waals surface area contributed by atoms with Crippen LogP contribution in [0, 0.1) is 0 Å². The van der Waals surface area contributed by atoms with Gasteiger partial charge in [0.05, 0.1) is 5.41 Å². The summed E-state index contributed by atoms with van der Waals surface area (Å²) in [6.45, 7) is 0. The molecule has 0 fully saturated rings. The van der Waals surface area contributed by atoms with Crippen molar-refractivity contribution in [3.8, 4) is 55.6 Å². The molecule has 0 bridgehead atoms. The highest BCUT2D eigenvalue weighted by Crippen LogP contribution is 2.64. The van der Waals surface area contributed by atoms with Crippen LogP contribution in [-0.4, -0.2) is 0 Å². The van der Waals surface area contributed by atoms with Gasteiger partial charge in [0, 0.05) is 10.8 Å². The predicted molar refractivity (Wildman–Crippen MR) is 276 cm³/mol. The maximum Gasteiger partial charge on any atom is 0.135 e. The lowest BCUT2D eigenvalue weighted by Gasteiger charge is -2.31. The third-order valence-electron chi connectivity index (χ3n) is 15.0. The maximum absolute atomic E-state index is 6.26. The zero-order valence-corrected chi connectivity index (χ0v) is 35.8. The first-order valence-corrected chi connectivity index (χ1v) is 23.0. The fourth-order valence-electron chi connectivity index (χ4n) is 12.3. The Balaban J connectivity index is 0.919. The molecule has 1 heterocycles. The Morgan fingerprint density at radius 2 is 0.803 bits per heavy atom. The number of furan rings is 1. The minimum Gasteiger partial charge on any atom is -0.456 e. The lowest BCUT2D eigenvalue weighted by Crippen LogP contribution is -2.26. The minimum absolute atomic E-state index is 0.435. The van der Waals surface area contributed by atoms with E-state index in [1.165, 1.54) is 121 Å². The van der Waals surface area contributed by atoms with Gasteiger partial charge >= 0.3 is 0 Å². The molecule has 0 radical (unpaired) electrons. The Morgan fingerprint density at radius 3 is 1.53 bits per heavy atom. The summed E-state index contributed by atoms with van der Waals surface area (Å²) in [5, 5.41) is 12.3. The number of rotatable bonds is 3. The fraction of sp³-hybridized carbons (Fsp3) is 0.0154. The van der Waals surface area contributed by atoms with E-state index in [4.69, 9.17) is 4.42 Å². The van der Waals surface area contributed by atoms with Crippen molar-refractivity contribution in [2.45, 2.75) is 5.41 Å². The molecular formula is C65H38O. The molecular weight excluding hydrogens is 797 g/mol. The summed E-state index contributed by atoms with van der Waals surface area (Å²) in [5.41, 5.74) is 19.5. The molecule has 1 aromatic heterocycles. The molecule has 304 valence electrons. The normalized spacial score (nSPS) is 13.3. The van der Waals surface area contributed by atoms with Crippen LogP contribution in [0.25, 0.3) is 121 Å². The smallest absolute Gasteiger partial charge is 0.135 e. The van der Waals surface area contributed by atoms with E-state index in [0.717, 1.165) is 21.9 Å². The summed E-state index contributed by atoms with van der Waals surface area (Å²) in [7, 11) is 0. The van der Waals surface area contributed by atoms with Crippen molar-refractivity contribution in [3.63, 3.8) is 0 Å². The quantitative estimate of drug-likeness (QED) is 0.162. The van der Waals surface area contributed by atoms with Crippen molar-refractivity contribution < 1.29 is 4.42 Å². The number of fused-ring (bicyclic) bond motifs is 18. The van der Waals surface area contributed by atoms with Crippen LogP contribution in [0.3, 0.4) is 0 Å². The molecule has 0 unspecified atom stereocenters. The average Bonchev–Trinajstić information content (AvgIpc) is 4.00. The Kier molecular flexibility index (Phi) is 7.21. The van der Waals surface area contributed by atoms with Crippen molar-refractivity contribution in [1.82, 2.24) is 0 Å². The van der Waals surface area contributed by atoms with E-state index in [1.807, 2.05) is 6.07 Å². The summed E-state index contributed by atoms with van der Waals surface area (Å²) in [4.78, 5) is 0. The van der Waals surface area contributed by atoms with Gasteiger partial charge in [0.25, 0.3) is 0 Å². The molecule has 0 atom stereocenters.